The van der Waals surface area contributed by atoms with E-state index < -0.39 is 36.0 Å². The summed E-state index contributed by atoms with van der Waals surface area (Å²) in [6.45, 7) is 11.8. The molecule has 0 aromatic heterocycles. The van der Waals surface area contributed by atoms with E-state index in [9.17, 15) is 30.0 Å². The number of carboxylic acid groups (broad SMARTS) is 2. The molecule has 4 aliphatic rings. The topological polar surface area (TPSA) is 115 Å². The molecule has 0 radical (unpaired) electrons. The van der Waals surface area contributed by atoms with Crippen molar-refractivity contribution in [3.05, 3.63) is 11.6 Å². The maximum absolute atomic E-state index is 11.9. The Morgan fingerprint density at radius 3 is 2.32 bits per heavy atom. The zero-order chi connectivity index (χ0) is 27.3. The average molecular weight is 519 g/mol. The fraction of sp³-hybridized carbons (Fsp3) is 0.871. The van der Waals surface area contributed by atoms with Crippen molar-refractivity contribution in [1.82, 2.24) is 0 Å². The highest BCUT2D eigenvalue weighted by atomic mass is 16.4. The maximum atomic E-state index is 11.9. The summed E-state index contributed by atoms with van der Waals surface area (Å²) in [6, 6.07) is 0. The molecule has 6 nitrogen and oxygen atoms in total. The molecule has 3 saturated carbocycles. The maximum Gasteiger partial charge on any atom is 0.310 e. The van der Waals surface area contributed by atoms with Crippen molar-refractivity contribution < 1.29 is 30.0 Å². The molecule has 37 heavy (non-hydrogen) atoms. The number of carbonyl (C=O) groups is 2. The highest BCUT2D eigenvalue weighted by Gasteiger charge is 2.62. The average Bonchev–Trinajstić information content (AvgIpc) is 3.15. The predicted molar refractivity (Wildman–Crippen MR) is 143 cm³/mol. The summed E-state index contributed by atoms with van der Waals surface area (Å²) in [5, 5.41) is 42.0. The molecule has 0 amide bonds. The summed E-state index contributed by atoms with van der Waals surface area (Å²) in [5.41, 5.74) is -0.612. The van der Waals surface area contributed by atoms with Crippen molar-refractivity contribution in [2.75, 3.05) is 0 Å². The van der Waals surface area contributed by atoms with E-state index >= 15 is 0 Å². The fourth-order valence-corrected chi connectivity index (χ4v) is 9.66. The molecule has 0 aromatic rings. The van der Waals surface area contributed by atoms with Gasteiger partial charge in [0.15, 0.2) is 0 Å². The van der Waals surface area contributed by atoms with Crippen molar-refractivity contribution in [2.24, 2.45) is 52.3 Å². The standard InChI is InChI=1S/C31H50O6/c1-18(2)7-6-8-19(3)21-9-10-22-27-23(11-12-30(21,22)5)29(4)13-14-31(37,17-20(29)15-25(27)32)24(28(35)36)16-26(33)34/h15,18-19,21-25,27,32,37H,6-14,16-17H2,1-5H3,(H,33,34)(H,35,36)/t19-,21-,22+,23+,24?,25?,27+,29+,30-,31-/m1/s1. The third-order valence-corrected chi connectivity index (χ3v) is 11.8. The Labute approximate surface area is 222 Å². The monoisotopic (exact) mass is 518 g/mol. The molecular formula is C31H50O6. The number of carboxylic acids is 2. The van der Waals surface area contributed by atoms with Gasteiger partial charge in [-0.3, -0.25) is 9.59 Å². The molecule has 0 aliphatic heterocycles. The zero-order valence-corrected chi connectivity index (χ0v) is 23.6. The highest BCUT2D eigenvalue weighted by Crippen LogP contribution is 2.68. The van der Waals surface area contributed by atoms with Crippen LogP contribution in [0.3, 0.4) is 0 Å². The molecule has 0 aromatic carbocycles. The second-order valence-corrected chi connectivity index (χ2v) is 14.2. The van der Waals surface area contributed by atoms with Gasteiger partial charge >= 0.3 is 11.9 Å². The number of hydrogen-bond donors (Lipinski definition) is 4. The van der Waals surface area contributed by atoms with Gasteiger partial charge in [0.1, 0.15) is 0 Å². The second-order valence-electron chi connectivity index (χ2n) is 14.2. The van der Waals surface area contributed by atoms with Gasteiger partial charge in [0, 0.05) is 0 Å². The minimum absolute atomic E-state index is 0.130. The number of fused-ring (bicyclic) bond motifs is 5. The van der Waals surface area contributed by atoms with Gasteiger partial charge in [-0.15, -0.1) is 0 Å². The Balaban J connectivity index is 1.56. The minimum atomic E-state index is -1.60. The quantitative estimate of drug-likeness (QED) is 0.282. The van der Waals surface area contributed by atoms with E-state index in [1.54, 1.807) is 0 Å². The number of aliphatic hydroxyl groups is 2. The molecule has 3 fully saturated rings. The lowest BCUT2D eigenvalue weighted by Crippen LogP contribution is -2.57. The SMILES string of the molecule is CC(C)CCC[C@@H](C)[C@H]1CC[C@H]2[C@@H]3C(O)C=C4C[C@@](O)(C(CC(=O)O)C(=O)O)CC[C@]4(C)[C@H]3CC[C@]12C. The molecule has 2 unspecified atom stereocenters. The Hall–Kier alpha value is -1.40. The smallest absolute Gasteiger partial charge is 0.310 e. The van der Waals surface area contributed by atoms with Crippen LogP contribution in [0, 0.1) is 52.3 Å². The Bertz CT molecular complexity index is 911. The Morgan fingerprint density at radius 1 is 1.00 bits per heavy atom. The predicted octanol–water partition coefficient (Wildman–Crippen LogP) is 5.91. The van der Waals surface area contributed by atoms with Crippen LogP contribution in [-0.2, 0) is 9.59 Å². The number of hydrogen-bond acceptors (Lipinski definition) is 4. The number of rotatable bonds is 9. The van der Waals surface area contributed by atoms with E-state index in [1.165, 1.54) is 25.7 Å². The van der Waals surface area contributed by atoms with Crippen molar-refractivity contribution >= 4 is 11.9 Å². The first-order chi connectivity index (χ1) is 17.2. The van der Waals surface area contributed by atoms with E-state index in [4.69, 9.17) is 0 Å². The van der Waals surface area contributed by atoms with Crippen LogP contribution in [0.1, 0.15) is 105 Å². The fourth-order valence-electron chi connectivity index (χ4n) is 9.66. The summed E-state index contributed by atoms with van der Waals surface area (Å²) in [7, 11) is 0. The lowest BCUT2D eigenvalue weighted by Gasteiger charge is -2.60. The van der Waals surface area contributed by atoms with Gasteiger partial charge < -0.3 is 20.4 Å². The van der Waals surface area contributed by atoms with Gasteiger partial charge in [-0.2, -0.15) is 0 Å². The lowest BCUT2D eigenvalue weighted by molar-refractivity contribution is -0.164. The lowest BCUT2D eigenvalue weighted by atomic mass is 9.45. The Morgan fingerprint density at radius 2 is 1.70 bits per heavy atom. The van der Waals surface area contributed by atoms with Crippen molar-refractivity contribution in [3.8, 4) is 0 Å². The molecule has 4 aliphatic carbocycles. The molecule has 0 bridgehead atoms. The van der Waals surface area contributed by atoms with E-state index in [1.807, 2.05) is 6.08 Å². The first kappa shape index (κ1) is 28.6. The summed E-state index contributed by atoms with van der Waals surface area (Å²) in [6.07, 6.45) is 10.2. The van der Waals surface area contributed by atoms with Gasteiger partial charge in [-0.05, 0) is 91.3 Å². The summed E-state index contributed by atoms with van der Waals surface area (Å²) >= 11 is 0. The minimum Gasteiger partial charge on any atom is -0.481 e. The molecule has 0 saturated heterocycles. The first-order valence-electron chi connectivity index (χ1n) is 14.8. The van der Waals surface area contributed by atoms with Crippen LogP contribution in [0.4, 0.5) is 0 Å². The molecular weight excluding hydrogens is 468 g/mol. The van der Waals surface area contributed by atoms with Crippen LogP contribution in [0.25, 0.3) is 0 Å². The third kappa shape index (κ3) is 5.02. The van der Waals surface area contributed by atoms with Gasteiger partial charge in [0.05, 0.1) is 24.0 Å². The van der Waals surface area contributed by atoms with Crippen molar-refractivity contribution in [3.63, 3.8) is 0 Å². The number of aliphatic carboxylic acids is 2. The summed E-state index contributed by atoms with van der Waals surface area (Å²) in [5.74, 6) is -0.718. The Kier molecular flexibility index (Phi) is 7.96. The normalized spacial score (nSPS) is 42.8. The first-order valence-corrected chi connectivity index (χ1v) is 14.8. The molecule has 210 valence electrons. The van der Waals surface area contributed by atoms with Crippen LogP contribution in [-0.4, -0.2) is 44.1 Å². The highest BCUT2D eigenvalue weighted by molar-refractivity contribution is 5.79. The van der Waals surface area contributed by atoms with Crippen LogP contribution < -0.4 is 0 Å². The molecule has 0 spiro atoms. The molecule has 4 rings (SSSR count). The third-order valence-electron chi connectivity index (χ3n) is 11.8. The second kappa shape index (κ2) is 10.3. The van der Waals surface area contributed by atoms with Crippen molar-refractivity contribution in [1.29, 1.82) is 0 Å². The van der Waals surface area contributed by atoms with E-state index in [0.29, 0.717) is 30.1 Å². The van der Waals surface area contributed by atoms with Gasteiger partial charge in [-0.25, -0.2) is 0 Å². The molecule has 4 N–H and O–H groups in total. The largest absolute Gasteiger partial charge is 0.481 e. The van der Waals surface area contributed by atoms with Gasteiger partial charge in [0.25, 0.3) is 0 Å². The van der Waals surface area contributed by atoms with Crippen LogP contribution in [0.5, 0.6) is 0 Å². The van der Waals surface area contributed by atoms with Crippen LogP contribution in [0.15, 0.2) is 11.6 Å². The van der Waals surface area contributed by atoms with Crippen LogP contribution in [0.2, 0.25) is 0 Å². The van der Waals surface area contributed by atoms with Gasteiger partial charge in [-0.1, -0.05) is 65.5 Å². The van der Waals surface area contributed by atoms with E-state index in [2.05, 4.69) is 34.6 Å². The van der Waals surface area contributed by atoms with Crippen LogP contribution >= 0.6 is 0 Å². The molecule has 6 heteroatoms. The summed E-state index contributed by atoms with van der Waals surface area (Å²) in [4.78, 5) is 23.3. The summed E-state index contributed by atoms with van der Waals surface area (Å²) < 4.78 is 0. The number of aliphatic hydroxyl groups excluding tert-OH is 1. The van der Waals surface area contributed by atoms with Gasteiger partial charge in [0.2, 0.25) is 0 Å². The zero-order valence-electron chi connectivity index (χ0n) is 23.6. The molecule has 10 atom stereocenters. The van der Waals surface area contributed by atoms with E-state index in [-0.39, 0.29) is 29.6 Å². The molecule has 0 heterocycles. The van der Waals surface area contributed by atoms with E-state index in [0.717, 1.165) is 30.8 Å². The van der Waals surface area contributed by atoms with Crippen molar-refractivity contribution in [2.45, 2.75) is 117 Å².